The van der Waals surface area contributed by atoms with Crippen molar-refractivity contribution in [3.63, 3.8) is 0 Å². The Hall–Kier alpha value is -2.22. The highest BCUT2D eigenvalue weighted by Crippen LogP contribution is 2.36. The zero-order chi connectivity index (χ0) is 15.6. The minimum absolute atomic E-state index is 0.0102. The van der Waals surface area contributed by atoms with Crippen molar-refractivity contribution in [2.75, 3.05) is 6.61 Å². The standard InChI is InChI=1S/C18H17FN2O/c19-17-6-5-13(9-15(17)10-20)11-21-18(12-22)8-7-14-3-1-2-4-16(14)18/h1-6,9,21-22H,7-8,11-12H2. The number of rotatable bonds is 4. The molecule has 0 saturated carbocycles. The molecule has 112 valence electrons. The fourth-order valence-corrected chi connectivity index (χ4v) is 3.13. The number of halogens is 1. The summed E-state index contributed by atoms with van der Waals surface area (Å²) in [4.78, 5) is 0. The lowest BCUT2D eigenvalue weighted by atomic mass is 9.92. The second kappa shape index (κ2) is 5.88. The molecule has 1 aliphatic rings. The number of hydrogen-bond donors (Lipinski definition) is 2. The number of nitrogens with one attached hydrogen (secondary N) is 1. The zero-order valence-corrected chi connectivity index (χ0v) is 12.1. The van der Waals surface area contributed by atoms with E-state index in [0.717, 1.165) is 24.0 Å². The summed E-state index contributed by atoms with van der Waals surface area (Å²) in [6.45, 7) is 0.486. The number of hydrogen-bond acceptors (Lipinski definition) is 3. The predicted molar refractivity (Wildman–Crippen MR) is 81.5 cm³/mol. The fraction of sp³-hybridized carbons (Fsp3) is 0.278. The first-order chi connectivity index (χ1) is 10.7. The molecule has 3 nitrogen and oxygen atoms in total. The number of nitrogens with zero attached hydrogens (tertiary/aromatic N) is 1. The molecule has 1 unspecified atom stereocenters. The Morgan fingerprint density at radius 2 is 2.09 bits per heavy atom. The van der Waals surface area contributed by atoms with E-state index in [4.69, 9.17) is 5.26 Å². The van der Waals surface area contributed by atoms with E-state index < -0.39 is 11.4 Å². The monoisotopic (exact) mass is 296 g/mol. The van der Waals surface area contributed by atoms with Crippen LogP contribution in [0.25, 0.3) is 0 Å². The van der Waals surface area contributed by atoms with Gasteiger partial charge in [-0.3, -0.25) is 0 Å². The molecule has 0 heterocycles. The van der Waals surface area contributed by atoms with Crippen LogP contribution in [-0.2, 0) is 18.5 Å². The Balaban J connectivity index is 1.82. The van der Waals surface area contributed by atoms with Crippen molar-refractivity contribution in [3.8, 4) is 6.07 Å². The fourth-order valence-electron chi connectivity index (χ4n) is 3.13. The van der Waals surface area contributed by atoms with Crippen LogP contribution in [0.5, 0.6) is 0 Å². The predicted octanol–water partition coefficient (Wildman–Crippen LogP) is 2.62. The number of fused-ring (bicyclic) bond motifs is 1. The van der Waals surface area contributed by atoms with E-state index in [9.17, 15) is 9.50 Å². The summed E-state index contributed by atoms with van der Waals surface area (Å²) in [6.07, 6.45) is 1.76. The van der Waals surface area contributed by atoms with Crippen LogP contribution in [0.15, 0.2) is 42.5 Å². The van der Waals surface area contributed by atoms with Gasteiger partial charge in [0.05, 0.1) is 17.7 Å². The quantitative estimate of drug-likeness (QED) is 0.912. The van der Waals surface area contributed by atoms with Crippen molar-refractivity contribution in [1.29, 1.82) is 5.26 Å². The van der Waals surface area contributed by atoms with E-state index in [2.05, 4.69) is 11.4 Å². The van der Waals surface area contributed by atoms with E-state index in [-0.39, 0.29) is 12.2 Å². The Morgan fingerprint density at radius 1 is 1.27 bits per heavy atom. The lowest BCUT2D eigenvalue weighted by Crippen LogP contribution is -2.43. The summed E-state index contributed by atoms with van der Waals surface area (Å²) in [7, 11) is 0. The van der Waals surface area contributed by atoms with Gasteiger partial charge in [0, 0.05) is 6.54 Å². The third-order valence-corrected chi connectivity index (χ3v) is 4.41. The van der Waals surface area contributed by atoms with Gasteiger partial charge in [0.2, 0.25) is 0 Å². The maximum atomic E-state index is 13.4. The molecule has 2 aromatic rings. The molecular weight excluding hydrogens is 279 g/mol. The minimum atomic E-state index is -0.505. The Kier molecular flexibility index (Phi) is 3.93. The summed E-state index contributed by atoms with van der Waals surface area (Å²) in [5, 5.41) is 22.2. The number of nitriles is 1. The van der Waals surface area contributed by atoms with E-state index in [0.29, 0.717) is 6.54 Å². The first-order valence-corrected chi connectivity index (χ1v) is 7.31. The zero-order valence-electron chi connectivity index (χ0n) is 12.1. The molecule has 0 aliphatic heterocycles. The minimum Gasteiger partial charge on any atom is -0.394 e. The average molecular weight is 296 g/mol. The molecular formula is C18H17FN2O. The van der Waals surface area contributed by atoms with Crippen LogP contribution in [0.2, 0.25) is 0 Å². The van der Waals surface area contributed by atoms with E-state index >= 15 is 0 Å². The van der Waals surface area contributed by atoms with E-state index in [1.807, 2.05) is 24.3 Å². The van der Waals surface area contributed by atoms with Gasteiger partial charge < -0.3 is 10.4 Å². The summed E-state index contributed by atoms with van der Waals surface area (Å²) in [5.74, 6) is -0.505. The highest BCUT2D eigenvalue weighted by atomic mass is 19.1. The molecule has 22 heavy (non-hydrogen) atoms. The molecule has 4 heteroatoms. The van der Waals surface area contributed by atoms with Gasteiger partial charge in [0.25, 0.3) is 0 Å². The molecule has 0 radical (unpaired) electrons. The summed E-state index contributed by atoms with van der Waals surface area (Å²) < 4.78 is 13.4. The summed E-state index contributed by atoms with van der Waals surface area (Å²) in [5.41, 5.74) is 2.79. The topological polar surface area (TPSA) is 56.0 Å². The SMILES string of the molecule is N#Cc1cc(CNC2(CO)CCc3ccccc32)ccc1F. The Labute approximate surface area is 129 Å². The van der Waals surface area contributed by atoms with E-state index in [1.54, 1.807) is 12.1 Å². The van der Waals surface area contributed by atoms with Crippen molar-refractivity contribution >= 4 is 0 Å². The van der Waals surface area contributed by atoms with Crippen molar-refractivity contribution in [2.45, 2.75) is 24.9 Å². The average Bonchev–Trinajstić information content (AvgIpc) is 2.94. The Bertz CT molecular complexity index is 738. The summed E-state index contributed by atoms with van der Waals surface area (Å²) >= 11 is 0. The molecule has 1 atom stereocenters. The molecule has 0 saturated heterocycles. The van der Waals surface area contributed by atoms with Crippen molar-refractivity contribution in [2.24, 2.45) is 0 Å². The first kappa shape index (κ1) is 14.7. The van der Waals surface area contributed by atoms with Gasteiger partial charge >= 0.3 is 0 Å². The maximum Gasteiger partial charge on any atom is 0.140 e. The molecule has 0 fully saturated rings. The van der Waals surface area contributed by atoms with Crippen LogP contribution in [-0.4, -0.2) is 11.7 Å². The molecule has 0 bridgehead atoms. The van der Waals surface area contributed by atoms with Gasteiger partial charge in [-0.15, -0.1) is 0 Å². The Morgan fingerprint density at radius 3 is 2.86 bits per heavy atom. The molecule has 2 N–H and O–H groups in total. The van der Waals surface area contributed by atoms with Crippen LogP contribution >= 0.6 is 0 Å². The highest BCUT2D eigenvalue weighted by Gasteiger charge is 2.37. The second-order valence-electron chi connectivity index (χ2n) is 5.68. The van der Waals surface area contributed by atoms with Crippen LogP contribution in [0.4, 0.5) is 4.39 Å². The third kappa shape index (κ3) is 2.50. The number of aliphatic hydroxyl groups excluding tert-OH is 1. The first-order valence-electron chi connectivity index (χ1n) is 7.31. The van der Waals surface area contributed by atoms with Gasteiger partial charge in [0.15, 0.2) is 0 Å². The van der Waals surface area contributed by atoms with Gasteiger partial charge in [0.1, 0.15) is 11.9 Å². The van der Waals surface area contributed by atoms with Crippen LogP contribution in [0.1, 0.15) is 28.7 Å². The molecule has 0 amide bonds. The summed E-state index contributed by atoms with van der Waals surface area (Å²) in [6, 6.07) is 14.5. The third-order valence-electron chi connectivity index (χ3n) is 4.41. The highest BCUT2D eigenvalue weighted by molar-refractivity contribution is 5.39. The van der Waals surface area contributed by atoms with Gasteiger partial charge in [-0.05, 0) is 41.7 Å². The van der Waals surface area contributed by atoms with Crippen LogP contribution in [0.3, 0.4) is 0 Å². The van der Waals surface area contributed by atoms with Crippen LogP contribution in [0, 0.1) is 17.1 Å². The van der Waals surface area contributed by atoms with Crippen LogP contribution < -0.4 is 5.32 Å². The van der Waals surface area contributed by atoms with Gasteiger partial charge in [-0.25, -0.2) is 4.39 Å². The molecule has 0 spiro atoms. The smallest absolute Gasteiger partial charge is 0.140 e. The van der Waals surface area contributed by atoms with Crippen molar-refractivity contribution in [3.05, 3.63) is 70.5 Å². The van der Waals surface area contributed by atoms with Gasteiger partial charge in [-0.2, -0.15) is 5.26 Å². The lowest BCUT2D eigenvalue weighted by Gasteiger charge is -2.30. The largest absolute Gasteiger partial charge is 0.394 e. The lowest BCUT2D eigenvalue weighted by molar-refractivity contribution is 0.159. The van der Waals surface area contributed by atoms with Crippen molar-refractivity contribution < 1.29 is 9.50 Å². The van der Waals surface area contributed by atoms with Gasteiger partial charge in [-0.1, -0.05) is 30.3 Å². The number of aryl methyl sites for hydroxylation is 1. The number of benzene rings is 2. The van der Waals surface area contributed by atoms with E-state index in [1.165, 1.54) is 11.6 Å². The normalized spacial score (nSPS) is 19.7. The maximum absolute atomic E-state index is 13.4. The number of aliphatic hydroxyl groups is 1. The van der Waals surface area contributed by atoms with Crippen molar-refractivity contribution in [1.82, 2.24) is 5.32 Å². The molecule has 1 aliphatic carbocycles. The second-order valence-corrected chi connectivity index (χ2v) is 5.68. The molecule has 0 aromatic heterocycles. The molecule has 2 aromatic carbocycles. The molecule has 3 rings (SSSR count).